The lowest BCUT2D eigenvalue weighted by Gasteiger charge is -2.23. The number of carboxylic acid groups (broad SMARTS) is 1. The van der Waals surface area contributed by atoms with Crippen LogP contribution in [0.2, 0.25) is 5.02 Å². The van der Waals surface area contributed by atoms with Crippen molar-refractivity contribution in [2.24, 2.45) is 11.3 Å². The summed E-state index contributed by atoms with van der Waals surface area (Å²) in [5.41, 5.74) is 3.75. The monoisotopic (exact) mass is 373 g/mol. The van der Waals surface area contributed by atoms with Crippen LogP contribution in [0.1, 0.15) is 36.2 Å². The molecule has 26 heavy (non-hydrogen) atoms. The normalized spacial score (nSPS) is 25.6. The predicted molar refractivity (Wildman–Crippen MR) is 101 cm³/mol. The fourth-order valence-corrected chi connectivity index (χ4v) is 4.95. The van der Waals surface area contributed by atoms with Crippen LogP contribution in [0.4, 0.5) is 0 Å². The lowest BCUT2D eigenvalue weighted by Crippen LogP contribution is -2.35. The summed E-state index contributed by atoms with van der Waals surface area (Å²) < 4.78 is 1.95. The number of aromatic nitrogens is 2. The van der Waals surface area contributed by atoms with Crippen molar-refractivity contribution in [1.82, 2.24) is 14.7 Å². The highest BCUT2D eigenvalue weighted by atomic mass is 35.5. The second kappa shape index (κ2) is 6.39. The maximum atomic E-state index is 11.9. The standard InChI is InChI=1S/C20H24ClN3O2/c1-13-18(14(2)24(22-13)17-7-5-16(21)6-8-17)11-23-10-15-4-3-9-20(15,12-23)19(25)26/h5-8,15H,3-4,9-12H2,1-2H3,(H,25,26)/t15-,20+/m0/s1. The van der Waals surface area contributed by atoms with Gasteiger partial charge in [0.1, 0.15) is 0 Å². The second-order valence-electron chi connectivity index (χ2n) is 7.76. The number of benzene rings is 1. The lowest BCUT2D eigenvalue weighted by molar-refractivity contribution is -0.149. The van der Waals surface area contributed by atoms with Gasteiger partial charge in [-0.1, -0.05) is 18.0 Å². The van der Waals surface area contributed by atoms with Crippen LogP contribution < -0.4 is 0 Å². The molecule has 138 valence electrons. The van der Waals surface area contributed by atoms with Crippen LogP contribution in [0.25, 0.3) is 5.69 Å². The van der Waals surface area contributed by atoms with Crippen molar-refractivity contribution in [3.05, 3.63) is 46.2 Å². The number of fused-ring (bicyclic) bond motifs is 1. The van der Waals surface area contributed by atoms with Gasteiger partial charge in [-0.05, 0) is 56.9 Å². The molecule has 2 aromatic rings. The lowest BCUT2D eigenvalue weighted by atomic mass is 9.81. The summed E-state index contributed by atoms with van der Waals surface area (Å²) in [5.74, 6) is -0.334. The number of rotatable bonds is 4. The molecule has 2 atom stereocenters. The maximum Gasteiger partial charge on any atom is 0.311 e. The molecule has 0 amide bonds. The predicted octanol–water partition coefficient (Wildman–Crippen LogP) is 3.83. The van der Waals surface area contributed by atoms with Crippen LogP contribution in [0.5, 0.6) is 0 Å². The van der Waals surface area contributed by atoms with Crippen LogP contribution in [0.15, 0.2) is 24.3 Å². The van der Waals surface area contributed by atoms with E-state index < -0.39 is 11.4 Å². The first-order valence-corrected chi connectivity index (χ1v) is 9.55. The molecule has 6 heteroatoms. The molecule has 1 N–H and O–H groups in total. The smallest absolute Gasteiger partial charge is 0.311 e. The van der Waals surface area contributed by atoms with Gasteiger partial charge in [-0.25, -0.2) is 4.68 Å². The molecule has 1 saturated heterocycles. The zero-order valence-electron chi connectivity index (χ0n) is 15.2. The van der Waals surface area contributed by atoms with Crippen LogP contribution >= 0.6 is 11.6 Å². The van der Waals surface area contributed by atoms with Crippen LogP contribution in [-0.2, 0) is 11.3 Å². The Balaban J connectivity index is 1.58. The third-order valence-electron chi connectivity index (χ3n) is 6.26. The minimum absolute atomic E-state index is 0.284. The van der Waals surface area contributed by atoms with Gasteiger partial charge in [0.05, 0.1) is 16.8 Å². The van der Waals surface area contributed by atoms with Gasteiger partial charge in [0, 0.05) is 35.9 Å². The van der Waals surface area contributed by atoms with Crippen LogP contribution in [-0.4, -0.2) is 38.8 Å². The number of nitrogens with zero attached hydrogens (tertiary/aromatic N) is 3. The zero-order valence-corrected chi connectivity index (χ0v) is 16.0. The third-order valence-corrected chi connectivity index (χ3v) is 6.51. The molecule has 1 aromatic carbocycles. The second-order valence-corrected chi connectivity index (χ2v) is 8.19. The van der Waals surface area contributed by atoms with Crippen molar-refractivity contribution in [1.29, 1.82) is 0 Å². The Labute approximate surface area is 158 Å². The van der Waals surface area contributed by atoms with Gasteiger partial charge in [0.25, 0.3) is 0 Å². The minimum atomic E-state index is -0.618. The van der Waals surface area contributed by atoms with Crippen LogP contribution in [0, 0.1) is 25.2 Å². The van der Waals surface area contributed by atoms with Crippen molar-refractivity contribution in [2.45, 2.75) is 39.7 Å². The molecule has 2 heterocycles. The number of carboxylic acids is 1. The van der Waals surface area contributed by atoms with Gasteiger partial charge in [0.15, 0.2) is 0 Å². The average Bonchev–Trinajstić information content (AvgIpc) is 3.23. The fraction of sp³-hybridized carbons (Fsp3) is 0.500. The number of halogens is 1. The summed E-state index contributed by atoms with van der Waals surface area (Å²) >= 11 is 5.99. The Morgan fingerprint density at radius 1 is 1.35 bits per heavy atom. The SMILES string of the molecule is Cc1nn(-c2ccc(Cl)cc2)c(C)c1CN1C[C@@H]2CCC[C@@]2(C(=O)O)C1. The van der Waals surface area contributed by atoms with Crippen molar-refractivity contribution in [3.63, 3.8) is 0 Å². The summed E-state index contributed by atoms with van der Waals surface area (Å²) in [4.78, 5) is 14.2. The van der Waals surface area contributed by atoms with E-state index in [2.05, 4.69) is 11.8 Å². The molecule has 0 bridgehead atoms. The topological polar surface area (TPSA) is 58.4 Å². The summed E-state index contributed by atoms with van der Waals surface area (Å²) in [6.07, 6.45) is 2.88. The molecule has 0 spiro atoms. The van der Waals surface area contributed by atoms with Gasteiger partial charge in [0.2, 0.25) is 0 Å². The van der Waals surface area contributed by atoms with Crippen molar-refractivity contribution < 1.29 is 9.90 Å². The number of carbonyl (C=O) groups is 1. The number of hydrogen-bond donors (Lipinski definition) is 1. The molecular weight excluding hydrogens is 350 g/mol. The highest BCUT2D eigenvalue weighted by molar-refractivity contribution is 6.30. The Morgan fingerprint density at radius 2 is 2.08 bits per heavy atom. The molecule has 1 aromatic heterocycles. The largest absolute Gasteiger partial charge is 0.481 e. The van der Waals surface area contributed by atoms with Gasteiger partial charge in [-0.3, -0.25) is 9.69 Å². The Bertz CT molecular complexity index is 845. The van der Waals surface area contributed by atoms with E-state index in [1.807, 2.05) is 35.9 Å². The molecular formula is C20H24ClN3O2. The summed E-state index contributed by atoms with van der Waals surface area (Å²) in [6.45, 7) is 6.39. The third kappa shape index (κ3) is 2.74. The number of aliphatic carboxylic acids is 1. The first-order chi connectivity index (χ1) is 12.4. The van der Waals surface area contributed by atoms with Crippen molar-refractivity contribution in [2.75, 3.05) is 13.1 Å². The summed E-state index contributed by atoms with van der Waals surface area (Å²) in [7, 11) is 0. The van der Waals surface area contributed by atoms with Gasteiger partial charge in [-0.2, -0.15) is 5.10 Å². The maximum absolute atomic E-state index is 11.9. The highest BCUT2D eigenvalue weighted by Crippen LogP contribution is 2.49. The van der Waals surface area contributed by atoms with Gasteiger partial charge >= 0.3 is 5.97 Å². The van der Waals surface area contributed by atoms with Crippen LogP contribution in [0.3, 0.4) is 0 Å². The zero-order chi connectivity index (χ0) is 18.5. The van der Waals surface area contributed by atoms with Gasteiger partial charge in [-0.15, -0.1) is 0 Å². The number of hydrogen-bond acceptors (Lipinski definition) is 3. The molecule has 1 aliphatic heterocycles. The molecule has 1 saturated carbocycles. The van der Waals surface area contributed by atoms with E-state index in [1.54, 1.807) is 0 Å². The number of aryl methyl sites for hydroxylation is 1. The van der Waals surface area contributed by atoms with E-state index in [4.69, 9.17) is 16.7 Å². The van der Waals surface area contributed by atoms with Crippen molar-refractivity contribution in [3.8, 4) is 5.69 Å². The molecule has 2 aliphatic rings. The quantitative estimate of drug-likeness (QED) is 0.884. The van der Waals surface area contributed by atoms with E-state index in [9.17, 15) is 9.90 Å². The molecule has 2 fully saturated rings. The molecule has 5 nitrogen and oxygen atoms in total. The van der Waals surface area contributed by atoms with Crippen molar-refractivity contribution >= 4 is 17.6 Å². The fourth-order valence-electron chi connectivity index (χ4n) is 4.82. The first kappa shape index (κ1) is 17.6. The highest BCUT2D eigenvalue weighted by Gasteiger charge is 2.54. The first-order valence-electron chi connectivity index (χ1n) is 9.17. The molecule has 1 aliphatic carbocycles. The Kier molecular flexibility index (Phi) is 4.32. The van der Waals surface area contributed by atoms with E-state index in [-0.39, 0.29) is 5.92 Å². The average molecular weight is 374 g/mol. The van der Waals surface area contributed by atoms with E-state index in [1.165, 1.54) is 5.56 Å². The molecule has 4 rings (SSSR count). The van der Waals surface area contributed by atoms with Gasteiger partial charge < -0.3 is 5.11 Å². The molecule has 0 radical (unpaired) electrons. The van der Waals surface area contributed by atoms with E-state index in [0.29, 0.717) is 11.6 Å². The Hall–Kier alpha value is -1.85. The van der Waals surface area contributed by atoms with E-state index in [0.717, 1.165) is 49.4 Å². The van der Waals surface area contributed by atoms with E-state index >= 15 is 0 Å². The minimum Gasteiger partial charge on any atom is -0.481 e. The number of likely N-dealkylation sites (tertiary alicyclic amines) is 1. The summed E-state index contributed by atoms with van der Waals surface area (Å²) in [6, 6.07) is 7.66. The summed E-state index contributed by atoms with van der Waals surface area (Å²) in [5, 5.41) is 15.2. The Morgan fingerprint density at radius 3 is 2.73 bits per heavy atom. The molecule has 0 unspecified atom stereocenters.